The summed E-state index contributed by atoms with van der Waals surface area (Å²) in [5, 5.41) is 5.29. The molecular weight excluding hydrogens is 323 g/mol. The van der Waals surface area contributed by atoms with Gasteiger partial charge in [0.15, 0.2) is 0 Å². The fraction of sp³-hybridized carbons (Fsp3) is 0.263. The lowest BCUT2D eigenvalue weighted by atomic mass is 9.97. The molecule has 130 valence electrons. The van der Waals surface area contributed by atoms with Crippen molar-refractivity contribution in [2.75, 3.05) is 20.2 Å². The van der Waals surface area contributed by atoms with Crippen LogP contribution in [-0.2, 0) is 6.42 Å². The first-order valence-electron chi connectivity index (χ1n) is 8.05. The number of amides is 2. The van der Waals surface area contributed by atoms with Gasteiger partial charge < -0.3 is 15.4 Å². The Balaban J connectivity index is 1.94. The third-order valence-corrected chi connectivity index (χ3v) is 4.23. The molecule has 5 nitrogen and oxygen atoms in total. The topological polar surface area (TPSA) is 67.4 Å². The van der Waals surface area contributed by atoms with Crippen molar-refractivity contribution < 1.29 is 18.7 Å². The van der Waals surface area contributed by atoms with E-state index in [1.165, 1.54) is 0 Å². The standard InChI is InChI=1S/C19H19FN2O3/c1-11-16(20)14(10-15-17(11)25-8-7-22-19(15)24)9-12-3-5-13(6-4-12)18(23)21-2/h3-6,10H,7-9H2,1-2H3,(H,21,23)(H,22,24). The van der Waals surface area contributed by atoms with E-state index in [1.54, 1.807) is 44.3 Å². The van der Waals surface area contributed by atoms with E-state index in [-0.39, 0.29) is 17.6 Å². The average Bonchev–Trinajstić information content (AvgIpc) is 2.81. The second-order valence-corrected chi connectivity index (χ2v) is 5.91. The van der Waals surface area contributed by atoms with Crippen LogP contribution in [-0.4, -0.2) is 32.0 Å². The number of nitrogens with one attached hydrogen (secondary N) is 2. The lowest BCUT2D eigenvalue weighted by Crippen LogP contribution is -2.24. The Morgan fingerprint density at radius 2 is 2.04 bits per heavy atom. The van der Waals surface area contributed by atoms with Crippen molar-refractivity contribution in [1.82, 2.24) is 10.6 Å². The van der Waals surface area contributed by atoms with Crippen LogP contribution >= 0.6 is 0 Å². The molecule has 1 heterocycles. The summed E-state index contributed by atoms with van der Waals surface area (Å²) in [6.45, 7) is 2.33. The van der Waals surface area contributed by atoms with Crippen molar-refractivity contribution >= 4 is 11.8 Å². The van der Waals surface area contributed by atoms with Crippen LogP contribution in [0.5, 0.6) is 5.75 Å². The van der Waals surface area contributed by atoms with Crippen LogP contribution in [0.1, 0.15) is 37.4 Å². The zero-order chi connectivity index (χ0) is 18.0. The van der Waals surface area contributed by atoms with Crippen molar-refractivity contribution in [3.8, 4) is 5.75 Å². The Hall–Kier alpha value is -2.89. The van der Waals surface area contributed by atoms with Crippen LogP contribution in [0.3, 0.4) is 0 Å². The number of hydrogen-bond acceptors (Lipinski definition) is 3. The van der Waals surface area contributed by atoms with Crippen LogP contribution in [0.15, 0.2) is 30.3 Å². The summed E-state index contributed by atoms with van der Waals surface area (Å²) < 4.78 is 20.2. The molecule has 0 saturated heterocycles. The summed E-state index contributed by atoms with van der Waals surface area (Å²) >= 11 is 0. The van der Waals surface area contributed by atoms with Gasteiger partial charge in [0, 0.05) is 24.6 Å². The number of hydrogen-bond donors (Lipinski definition) is 2. The first kappa shape index (κ1) is 17.0. The highest BCUT2D eigenvalue weighted by Crippen LogP contribution is 2.31. The van der Waals surface area contributed by atoms with Crippen LogP contribution in [0.25, 0.3) is 0 Å². The number of carbonyl (C=O) groups is 2. The van der Waals surface area contributed by atoms with Gasteiger partial charge in [-0.25, -0.2) is 4.39 Å². The molecule has 0 bridgehead atoms. The largest absolute Gasteiger partial charge is 0.491 e. The molecule has 1 aliphatic rings. The zero-order valence-electron chi connectivity index (χ0n) is 14.1. The molecule has 0 saturated carbocycles. The number of carbonyl (C=O) groups excluding carboxylic acids is 2. The molecule has 6 heteroatoms. The maximum Gasteiger partial charge on any atom is 0.255 e. The summed E-state index contributed by atoms with van der Waals surface area (Å²) in [4.78, 5) is 23.7. The van der Waals surface area contributed by atoms with Crippen LogP contribution in [0.4, 0.5) is 4.39 Å². The number of ether oxygens (including phenoxy) is 1. The van der Waals surface area contributed by atoms with Crippen LogP contribution in [0, 0.1) is 12.7 Å². The molecule has 2 amide bonds. The van der Waals surface area contributed by atoms with Crippen molar-refractivity contribution in [1.29, 1.82) is 0 Å². The van der Waals surface area contributed by atoms with E-state index >= 15 is 0 Å². The Bertz CT molecular complexity index is 832. The Morgan fingerprint density at radius 1 is 1.32 bits per heavy atom. The van der Waals surface area contributed by atoms with E-state index in [9.17, 15) is 14.0 Å². The number of fused-ring (bicyclic) bond motifs is 1. The van der Waals surface area contributed by atoms with E-state index in [4.69, 9.17) is 4.74 Å². The molecule has 0 atom stereocenters. The highest BCUT2D eigenvalue weighted by molar-refractivity contribution is 5.98. The fourth-order valence-electron chi connectivity index (χ4n) is 2.88. The maximum atomic E-state index is 14.7. The quantitative estimate of drug-likeness (QED) is 0.899. The predicted octanol–water partition coefficient (Wildman–Crippen LogP) is 2.21. The van der Waals surface area contributed by atoms with Gasteiger partial charge in [-0.1, -0.05) is 12.1 Å². The van der Waals surface area contributed by atoms with Crippen LogP contribution < -0.4 is 15.4 Å². The highest BCUT2D eigenvalue weighted by atomic mass is 19.1. The van der Waals surface area contributed by atoms with Gasteiger partial charge in [-0.3, -0.25) is 9.59 Å². The maximum absolute atomic E-state index is 14.7. The predicted molar refractivity (Wildman–Crippen MR) is 91.6 cm³/mol. The van der Waals surface area contributed by atoms with E-state index in [2.05, 4.69) is 10.6 Å². The molecule has 25 heavy (non-hydrogen) atoms. The SMILES string of the molecule is CNC(=O)c1ccc(Cc2cc3c(c(C)c2F)OCCNC3=O)cc1. The first-order chi connectivity index (χ1) is 12.0. The summed E-state index contributed by atoms with van der Waals surface area (Å²) in [7, 11) is 1.57. The van der Waals surface area contributed by atoms with Gasteiger partial charge in [-0.05, 0) is 36.2 Å². The molecule has 0 aromatic heterocycles. The van der Waals surface area contributed by atoms with E-state index in [1.807, 2.05) is 0 Å². The lowest BCUT2D eigenvalue weighted by molar-refractivity contribution is 0.0951. The Morgan fingerprint density at radius 3 is 2.72 bits per heavy atom. The minimum Gasteiger partial charge on any atom is -0.491 e. The molecule has 0 aliphatic carbocycles. The van der Waals surface area contributed by atoms with Gasteiger partial charge in [-0.15, -0.1) is 0 Å². The normalized spacial score (nSPS) is 13.3. The van der Waals surface area contributed by atoms with Crippen molar-refractivity contribution in [2.24, 2.45) is 0 Å². The van der Waals surface area contributed by atoms with Crippen molar-refractivity contribution in [3.63, 3.8) is 0 Å². The summed E-state index contributed by atoms with van der Waals surface area (Å²) in [5.74, 6) is -0.491. The molecule has 3 rings (SSSR count). The first-order valence-corrected chi connectivity index (χ1v) is 8.05. The second kappa shape index (κ2) is 6.93. The van der Waals surface area contributed by atoms with Gasteiger partial charge in [0.1, 0.15) is 18.2 Å². The molecule has 0 unspecified atom stereocenters. The molecular formula is C19H19FN2O3. The summed E-state index contributed by atoms with van der Waals surface area (Å²) in [6.07, 6.45) is 0.321. The number of rotatable bonds is 3. The molecule has 2 aromatic carbocycles. The third-order valence-electron chi connectivity index (χ3n) is 4.23. The van der Waals surface area contributed by atoms with Crippen molar-refractivity contribution in [2.45, 2.75) is 13.3 Å². The molecule has 0 radical (unpaired) electrons. The third kappa shape index (κ3) is 3.33. The average molecular weight is 342 g/mol. The fourth-order valence-corrected chi connectivity index (χ4v) is 2.88. The summed E-state index contributed by atoms with van der Waals surface area (Å²) in [6, 6.07) is 8.49. The minimum atomic E-state index is -0.371. The number of benzene rings is 2. The Labute approximate surface area is 145 Å². The second-order valence-electron chi connectivity index (χ2n) is 5.91. The monoisotopic (exact) mass is 342 g/mol. The van der Waals surface area contributed by atoms with Gasteiger partial charge in [0.25, 0.3) is 11.8 Å². The molecule has 0 fully saturated rings. The van der Waals surface area contributed by atoms with Crippen molar-refractivity contribution in [3.05, 3.63) is 64.0 Å². The minimum absolute atomic E-state index is 0.174. The molecule has 1 aliphatic heterocycles. The zero-order valence-corrected chi connectivity index (χ0v) is 14.1. The number of halogens is 1. The van der Waals surface area contributed by atoms with Gasteiger partial charge >= 0.3 is 0 Å². The highest BCUT2D eigenvalue weighted by Gasteiger charge is 2.23. The molecule has 2 aromatic rings. The summed E-state index contributed by atoms with van der Waals surface area (Å²) in [5.41, 5.74) is 2.50. The van der Waals surface area contributed by atoms with Gasteiger partial charge in [0.2, 0.25) is 0 Å². The van der Waals surface area contributed by atoms with Crippen LogP contribution in [0.2, 0.25) is 0 Å². The van der Waals surface area contributed by atoms with E-state index < -0.39 is 0 Å². The Kier molecular flexibility index (Phi) is 4.70. The van der Waals surface area contributed by atoms with E-state index in [0.29, 0.717) is 47.6 Å². The molecule has 0 spiro atoms. The van der Waals surface area contributed by atoms with E-state index in [0.717, 1.165) is 5.56 Å². The smallest absolute Gasteiger partial charge is 0.255 e. The van der Waals surface area contributed by atoms with Gasteiger partial charge in [0.05, 0.1) is 12.1 Å². The van der Waals surface area contributed by atoms with Gasteiger partial charge in [-0.2, -0.15) is 0 Å². The molecule has 2 N–H and O–H groups in total. The lowest BCUT2D eigenvalue weighted by Gasteiger charge is -2.14.